The molecule has 0 aromatic heterocycles. The lowest BCUT2D eigenvalue weighted by molar-refractivity contribution is -0.0567. The van der Waals surface area contributed by atoms with E-state index >= 15 is 0 Å². The zero-order valence-electron chi connectivity index (χ0n) is 11.2. The van der Waals surface area contributed by atoms with Gasteiger partial charge in [-0.3, -0.25) is 0 Å². The minimum Gasteiger partial charge on any atom is -0.487 e. The van der Waals surface area contributed by atoms with E-state index in [-0.39, 0.29) is 12.3 Å². The number of aryl methyl sites for hydroxylation is 2. The lowest BCUT2D eigenvalue weighted by atomic mass is 10.1. The smallest absolute Gasteiger partial charge is 0.281 e. The third-order valence-corrected chi connectivity index (χ3v) is 3.46. The van der Waals surface area contributed by atoms with Gasteiger partial charge in [0.15, 0.2) is 6.61 Å². The molecule has 0 bridgehead atoms. The quantitative estimate of drug-likeness (QED) is 0.731. The summed E-state index contributed by atoms with van der Waals surface area (Å²) in [5.41, 5.74) is 1.83. The van der Waals surface area contributed by atoms with Crippen LogP contribution >= 0.6 is 15.9 Å². The maximum absolute atomic E-state index is 13.5. The second kappa shape index (κ2) is 6.00. The summed E-state index contributed by atoms with van der Waals surface area (Å²) in [6.45, 7) is 6.75. The summed E-state index contributed by atoms with van der Waals surface area (Å²) in [7, 11) is 0. The zero-order valence-corrected chi connectivity index (χ0v) is 12.8. The van der Waals surface area contributed by atoms with Gasteiger partial charge in [0.25, 0.3) is 5.92 Å². The SMILES string of the molecule is Cc1cc(OCC(F)(F)CC(C)C)c(C)cc1Br. The summed E-state index contributed by atoms with van der Waals surface area (Å²) < 4.78 is 33.3. The van der Waals surface area contributed by atoms with E-state index in [0.29, 0.717) is 5.75 Å². The standard InChI is InChI=1S/C14H19BrF2O/c1-9(2)7-14(16,17)8-18-13-6-10(3)12(15)5-11(13)4/h5-6,9H,7-8H2,1-4H3. The first kappa shape index (κ1) is 15.4. The molecule has 0 heterocycles. The van der Waals surface area contributed by atoms with Crippen LogP contribution in [0.2, 0.25) is 0 Å². The molecule has 0 atom stereocenters. The maximum Gasteiger partial charge on any atom is 0.281 e. The Labute approximate surface area is 116 Å². The molecule has 0 N–H and O–H groups in total. The van der Waals surface area contributed by atoms with Crippen LogP contribution in [0.25, 0.3) is 0 Å². The Morgan fingerprint density at radius 2 is 1.83 bits per heavy atom. The monoisotopic (exact) mass is 320 g/mol. The van der Waals surface area contributed by atoms with E-state index in [4.69, 9.17) is 4.74 Å². The first-order chi connectivity index (χ1) is 8.21. The summed E-state index contributed by atoms with van der Waals surface area (Å²) >= 11 is 3.40. The summed E-state index contributed by atoms with van der Waals surface area (Å²) in [5.74, 6) is -2.29. The average molecular weight is 321 g/mol. The van der Waals surface area contributed by atoms with Crippen LogP contribution in [0.5, 0.6) is 5.75 Å². The molecule has 4 heteroatoms. The Morgan fingerprint density at radius 3 is 2.39 bits per heavy atom. The number of rotatable bonds is 5. The largest absolute Gasteiger partial charge is 0.487 e. The van der Waals surface area contributed by atoms with Crippen molar-refractivity contribution in [3.05, 3.63) is 27.7 Å². The van der Waals surface area contributed by atoms with Gasteiger partial charge in [0.05, 0.1) is 0 Å². The summed E-state index contributed by atoms with van der Waals surface area (Å²) in [6, 6.07) is 3.66. The van der Waals surface area contributed by atoms with Gasteiger partial charge < -0.3 is 4.74 Å². The fourth-order valence-electron chi connectivity index (χ4n) is 1.75. The molecule has 0 unspecified atom stereocenters. The first-order valence-electron chi connectivity index (χ1n) is 5.98. The topological polar surface area (TPSA) is 9.23 Å². The van der Waals surface area contributed by atoms with Gasteiger partial charge in [0.2, 0.25) is 0 Å². The molecule has 0 saturated carbocycles. The highest BCUT2D eigenvalue weighted by Crippen LogP contribution is 2.29. The Hall–Kier alpha value is -0.640. The van der Waals surface area contributed by atoms with E-state index in [9.17, 15) is 8.78 Å². The van der Waals surface area contributed by atoms with Crippen LogP contribution in [-0.4, -0.2) is 12.5 Å². The molecule has 0 aliphatic heterocycles. The molecule has 1 nitrogen and oxygen atoms in total. The lowest BCUT2D eigenvalue weighted by Crippen LogP contribution is -2.27. The molecule has 102 valence electrons. The Bertz CT molecular complexity index is 417. The molecule has 0 fully saturated rings. The molecule has 1 aromatic carbocycles. The number of benzene rings is 1. The molecular formula is C14H19BrF2O. The molecule has 0 spiro atoms. The molecular weight excluding hydrogens is 302 g/mol. The molecule has 1 aromatic rings. The summed E-state index contributed by atoms with van der Waals surface area (Å²) in [5, 5.41) is 0. The van der Waals surface area contributed by atoms with Crippen molar-refractivity contribution in [2.75, 3.05) is 6.61 Å². The van der Waals surface area contributed by atoms with E-state index in [1.165, 1.54) is 0 Å². The molecule has 0 saturated heterocycles. The number of ether oxygens (including phenoxy) is 1. The van der Waals surface area contributed by atoms with Crippen molar-refractivity contribution >= 4 is 15.9 Å². The second-order valence-corrected chi connectivity index (χ2v) is 5.96. The predicted molar refractivity (Wildman–Crippen MR) is 73.5 cm³/mol. The van der Waals surface area contributed by atoms with E-state index in [1.54, 1.807) is 19.9 Å². The van der Waals surface area contributed by atoms with Gasteiger partial charge >= 0.3 is 0 Å². The van der Waals surface area contributed by atoms with Gasteiger partial charge in [-0.25, -0.2) is 8.78 Å². The van der Waals surface area contributed by atoms with E-state index in [1.807, 2.05) is 19.9 Å². The van der Waals surface area contributed by atoms with E-state index in [2.05, 4.69) is 15.9 Å². The molecule has 0 aliphatic rings. The van der Waals surface area contributed by atoms with Crippen molar-refractivity contribution in [3.63, 3.8) is 0 Å². The predicted octanol–water partition coefficient (Wildman–Crippen LogP) is 5.13. The van der Waals surface area contributed by atoms with Gasteiger partial charge in [-0.2, -0.15) is 0 Å². The van der Waals surface area contributed by atoms with E-state index < -0.39 is 12.5 Å². The van der Waals surface area contributed by atoms with E-state index in [0.717, 1.165) is 15.6 Å². The van der Waals surface area contributed by atoms with Crippen LogP contribution < -0.4 is 4.74 Å². The Balaban J connectivity index is 2.72. The van der Waals surface area contributed by atoms with Gasteiger partial charge in [0.1, 0.15) is 5.75 Å². The highest BCUT2D eigenvalue weighted by molar-refractivity contribution is 9.10. The molecule has 18 heavy (non-hydrogen) atoms. The minimum atomic E-state index is -2.78. The molecule has 1 rings (SSSR count). The fourth-order valence-corrected chi connectivity index (χ4v) is 2.21. The number of hydrogen-bond acceptors (Lipinski definition) is 1. The van der Waals surface area contributed by atoms with Crippen LogP contribution in [-0.2, 0) is 0 Å². The Morgan fingerprint density at radius 1 is 1.22 bits per heavy atom. The zero-order chi connectivity index (χ0) is 13.9. The summed E-state index contributed by atoms with van der Waals surface area (Å²) in [6.07, 6.45) is -0.151. The molecule has 0 radical (unpaired) electrons. The number of halogens is 3. The minimum absolute atomic E-state index is 0.0450. The lowest BCUT2D eigenvalue weighted by Gasteiger charge is -2.20. The fraction of sp³-hybridized carbons (Fsp3) is 0.571. The van der Waals surface area contributed by atoms with Crippen molar-refractivity contribution in [2.24, 2.45) is 5.92 Å². The van der Waals surface area contributed by atoms with Crippen molar-refractivity contribution in [1.29, 1.82) is 0 Å². The van der Waals surface area contributed by atoms with Gasteiger partial charge in [0, 0.05) is 10.9 Å². The van der Waals surface area contributed by atoms with Crippen molar-refractivity contribution in [2.45, 2.75) is 40.0 Å². The second-order valence-electron chi connectivity index (χ2n) is 5.11. The maximum atomic E-state index is 13.5. The number of alkyl halides is 2. The number of hydrogen-bond donors (Lipinski definition) is 0. The highest BCUT2D eigenvalue weighted by Gasteiger charge is 2.31. The normalized spacial score (nSPS) is 12.0. The highest BCUT2D eigenvalue weighted by atomic mass is 79.9. The van der Waals surface area contributed by atoms with Gasteiger partial charge in [-0.15, -0.1) is 0 Å². The third-order valence-electron chi connectivity index (χ3n) is 2.60. The van der Waals surface area contributed by atoms with Crippen molar-refractivity contribution in [1.82, 2.24) is 0 Å². The summed E-state index contributed by atoms with van der Waals surface area (Å²) in [4.78, 5) is 0. The molecule has 0 aliphatic carbocycles. The average Bonchev–Trinajstić information content (AvgIpc) is 2.19. The van der Waals surface area contributed by atoms with Crippen LogP contribution in [0.15, 0.2) is 16.6 Å². The Kier molecular flexibility index (Phi) is 5.14. The first-order valence-corrected chi connectivity index (χ1v) is 6.78. The molecule has 0 amide bonds. The van der Waals surface area contributed by atoms with Crippen molar-refractivity contribution < 1.29 is 13.5 Å². The van der Waals surface area contributed by atoms with Crippen molar-refractivity contribution in [3.8, 4) is 5.75 Å². The third kappa shape index (κ3) is 4.56. The van der Waals surface area contributed by atoms with Crippen LogP contribution in [0.3, 0.4) is 0 Å². The van der Waals surface area contributed by atoms with Gasteiger partial charge in [-0.1, -0.05) is 29.8 Å². The van der Waals surface area contributed by atoms with Crippen LogP contribution in [0.1, 0.15) is 31.4 Å². The van der Waals surface area contributed by atoms with Crippen LogP contribution in [0, 0.1) is 19.8 Å². The van der Waals surface area contributed by atoms with Crippen LogP contribution in [0.4, 0.5) is 8.78 Å². The van der Waals surface area contributed by atoms with Gasteiger partial charge in [-0.05, 0) is 43.0 Å².